The molecule has 6 nitrogen and oxygen atoms in total. The summed E-state index contributed by atoms with van der Waals surface area (Å²) in [5.74, 6) is 0. The highest BCUT2D eigenvalue weighted by Crippen LogP contribution is 1.86. The molecule has 1 heterocycles. The minimum Gasteiger partial charge on any atom is -0.253 e. The fourth-order valence-electron chi connectivity index (χ4n) is 0.851. The van der Waals surface area contributed by atoms with E-state index in [2.05, 4.69) is 15.0 Å². The maximum Gasteiger partial charge on any atom is 0.208 e. The van der Waals surface area contributed by atoms with Gasteiger partial charge >= 0.3 is 0 Å². The molecule has 0 aliphatic rings. The van der Waals surface area contributed by atoms with Crippen molar-refractivity contribution in [3.8, 4) is 0 Å². The quantitative estimate of drug-likeness (QED) is 0.638. The third-order valence-corrected chi connectivity index (χ3v) is 2.13. The van der Waals surface area contributed by atoms with Gasteiger partial charge in [-0.15, -0.1) is 5.10 Å². The van der Waals surface area contributed by atoms with Gasteiger partial charge in [-0.2, -0.15) is 0 Å². The second-order valence-corrected chi connectivity index (χ2v) is 4.52. The van der Waals surface area contributed by atoms with Gasteiger partial charge in [0.25, 0.3) is 0 Å². The first-order valence-corrected chi connectivity index (χ1v) is 5.76. The first-order chi connectivity index (χ1) is 6.08. The lowest BCUT2D eigenvalue weighted by Gasteiger charge is -2.01. The van der Waals surface area contributed by atoms with E-state index in [4.69, 9.17) is 0 Å². The van der Waals surface area contributed by atoms with Gasteiger partial charge in [0, 0.05) is 19.3 Å². The van der Waals surface area contributed by atoms with Crippen LogP contribution in [0.3, 0.4) is 0 Å². The van der Waals surface area contributed by atoms with E-state index >= 15 is 0 Å². The van der Waals surface area contributed by atoms with Crippen LogP contribution in [0.15, 0.2) is 12.4 Å². The zero-order valence-electron chi connectivity index (χ0n) is 7.34. The summed E-state index contributed by atoms with van der Waals surface area (Å²) in [5, 5.41) is 7.36. The molecule has 0 spiro atoms. The number of hydrogen-bond donors (Lipinski definition) is 1. The highest BCUT2D eigenvalue weighted by Gasteiger charge is 1.98. The van der Waals surface area contributed by atoms with Crippen molar-refractivity contribution in [2.45, 2.75) is 13.0 Å². The molecule has 0 aliphatic carbocycles. The minimum absolute atomic E-state index is 0.429. The van der Waals surface area contributed by atoms with Gasteiger partial charge in [0.2, 0.25) is 10.0 Å². The van der Waals surface area contributed by atoms with Crippen LogP contribution in [0.2, 0.25) is 0 Å². The lowest BCUT2D eigenvalue weighted by molar-refractivity contribution is 0.544. The van der Waals surface area contributed by atoms with Crippen LogP contribution in [0.1, 0.15) is 6.42 Å². The van der Waals surface area contributed by atoms with Crippen LogP contribution in [-0.2, 0) is 16.6 Å². The lowest BCUT2D eigenvalue weighted by Crippen LogP contribution is -2.23. The summed E-state index contributed by atoms with van der Waals surface area (Å²) in [7, 11) is -3.06. The van der Waals surface area contributed by atoms with E-state index in [1.54, 1.807) is 17.1 Å². The third kappa shape index (κ3) is 4.58. The largest absolute Gasteiger partial charge is 0.253 e. The number of hydrogen-bond acceptors (Lipinski definition) is 4. The number of sulfonamides is 1. The van der Waals surface area contributed by atoms with Gasteiger partial charge in [-0.1, -0.05) is 5.21 Å². The smallest absolute Gasteiger partial charge is 0.208 e. The van der Waals surface area contributed by atoms with Crippen LogP contribution in [0.25, 0.3) is 0 Å². The van der Waals surface area contributed by atoms with Crippen LogP contribution in [0.4, 0.5) is 0 Å². The van der Waals surface area contributed by atoms with E-state index in [1.165, 1.54) is 0 Å². The average Bonchev–Trinajstić information content (AvgIpc) is 2.48. The van der Waals surface area contributed by atoms with Crippen molar-refractivity contribution >= 4 is 10.0 Å². The monoisotopic (exact) mass is 204 g/mol. The Labute approximate surface area is 77.0 Å². The Morgan fingerprint density at radius 1 is 1.54 bits per heavy atom. The van der Waals surface area contributed by atoms with Gasteiger partial charge in [-0.05, 0) is 6.42 Å². The van der Waals surface area contributed by atoms with Gasteiger partial charge in [-0.3, -0.25) is 4.68 Å². The highest BCUT2D eigenvalue weighted by molar-refractivity contribution is 7.88. The molecule has 1 rings (SSSR count). The molecule has 0 bridgehead atoms. The zero-order chi connectivity index (χ0) is 9.73. The number of nitrogens with one attached hydrogen (secondary N) is 1. The van der Waals surface area contributed by atoms with E-state index < -0.39 is 10.0 Å². The summed E-state index contributed by atoms with van der Waals surface area (Å²) in [5.41, 5.74) is 0. The minimum atomic E-state index is -3.06. The van der Waals surface area contributed by atoms with Crippen molar-refractivity contribution in [1.82, 2.24) is 19.7 Å². The molecular weight excluding hydrogens is 192 g/mol. The fourth-order valence-corrected chi connectivity index (χ4v) is 1.37. The van der Waals surface area contributed by atoms with Crippen molar-refractivity contribution in [2.24, 2.45) is 0 Å². The Morgan fingerprint density at radius 3 is 2.85 bits per heavy atom. The van der Waals surface area contributed by atoms with E-state index in [0.29, 0.717) is 19.5 Å². The maximum absolute atomic E-state index is 10.6. The number of aryl methyl sites for hydroxylation is 1. The SMILES string of the molecule is CS(=O)(=O)NCCCn1ccnn1. The molecule has 0 unspecified atom stereocenters. The van der Waals surface area contributed by atoms with Gasteiger partial charge in [0.1, 0.15) is 0 Å². The van der Waals surface area contributed by atoms with Crippen molar-refractivity contribution in [1.29, 1.82) is 0 Å². The molecule has 1 aromatic heterocycles. The molecule has 0 aromatic carbocycles. The van der Waals surface area contributed by atoms with E-state index in [-0.39, 0.29) is 0 Å². The predicted molar refractivity (Wildman–Crippen MR) is 47.5 cm³/mol. The van der Waals surface area contributed by atoms with E-state index in [9.17, 15) is 8.42 Å². The summed E-state index contributed by atoms with van der Waals surface area (Å²) in [6.45, 7) is 1.10. The van der Waals surface area contributed by atoms with E-state index in [0.717, 1.165) is 6.26 Å². The average molecular weight is 204 g/mol. The Bertz CT molecular complexity index is 332. The van der Waals surface area contributed by atoms with Gasteiger partial charge in [0.05, 0.1) is 12.5 Å². The van der Waals surface area contributed by atoms with Crippen molar-refractivity contribution in [3.63, 3.8) is 0 Å². The van der Waals surface area contributed by atoms with Crippen molar-refractivity contribution in [3.05, 3.63) is 12.4 Å². The standard InChI is InChI=1S/C6H12N4O2S/c1-13(11,12)8-3-2-5-10-6-4-7-9-10/h4,6,8H,2-3,5H2,1H3. The van der Waals surface area contributed by atoms with Gasteiger partial charge < -0.3 is 0 Å². The Morgan fingerprint density at radius 2 is 2.31 bits per heavy atom. The van der Waals surface area contributed by atoms with Crippen molar-refractivity contribution in [2.75, 3.05) is 12.8 Å². The van der Waals surface area contributed by atoms with Crippen LogP contribution in [-0.4, -0.2) is 36.2 Å². The van der Waals surface area contributed by atoms with E-state index in [1.807, 2.05) is 0 Å². The van der Waals surface area contributed by atoms with Crippen LogP contribution >= 0.6 is 0 Å². The van der Waals surface area contributed by atoms with Crippen LogP contribution in [0, 0.1) is 0 Å². The first-order valence-electron chi connectivity index (χ1n) is 3.87. The molecule has 7 heteroatoms. The molecule has 0 aliphatic heterocycles. The molecule has 0 saturated carbocycles. The lowest BCUT2D eigenvalue weighted by atomic mass is 10.4. The molecule has 0 radical (unpaired) electrons. The first kappa shape index (κ1) is 10.1. The van der Waals surface area contributed by atoms with Crippen molar-refractivity contribution < 1.29 is 8.42 Å². The number of nitrogens with zero attached hydrogens (tertiary/aromatic N) is 3. The van der Waals surface area contributed by atoms with Crippen LogP contribution in [0.5, 0.6) is 0 Å². The zero-order valence-corrected chi connectivity index (χ0v) is 8.16. The second-order valence-electron chi connectivity index (χ2n) is 2.69. The number of aromatic nitrogens is 3. The summed E-state index contributed by atoms with van der Waals surface area (Å²) in [6.07, 6.45) is 5.17. The molecule has 0 saturated heterocycles. The van der Waals surface area contributed by atoms with Gasteiger partial charge in [0.15, 0.2) is 0 Å². The molecule has 0 atom stereocenters. The summed E-state index contributed by atoms with van der Waals surface area (Å²) in [6, 6.07) is 0. The molecule has 74 valence electrons. The molecule has 0 amide bonds. The van der Waals surface area contributed by atoms with Gasteiger partial charge in [-0.25, -0.2) is 13.1 Å². The fraction of sp³-hybridized carbons (Fsp3) is 0.667. The molecule has 1 aromatic rings. The second kappa shape index (κ2) is 4.33. The summed E-state index contributed by atoms with van der Waals surface area (Å²) in [4.78, 5) is 0. The summed E-state index contributed by atoms with van der Waals surface area (Å²) >= 11 is 0. The summed E-state index contributed by atoms with van der Waals surface area (Å²) < 4.78 is 25.3. The Balaban J connectivity index is 2.16. The normalized spacial score (nSPS) is 11.8. The molecule has 13 heavy (non-hydrogen) atoms. The number of rotatable bonds is 5. The molecule has 1 N–H and O–H groups in total. The maximum atomic E-state index is 10.6. The highest BCUT2D eigenvalue weighted by atomic mass is 32.2. The Hall–Kier alpha value is -0.950. The Kier molecular flexibility index (Phi) is 3.38. The predicted octanol–water partition coefficient (Wildman–Crippen LogP) is -0.783. The van der Waals surface area contributed by atoms with Crippen LogP contribution < -0.4 is 4.72 Å². The molecule has 0 fully saturated rings. The topological polar surface area (TPSA) is 76.9 Å². The molecular formula is C6H12N4O2S. The third-order valence-electron chi connectivity index (χ3n) is 1.40.